The van der Waals surface area contributed by atoms with Gasteiger partial charge in [0.15, 0.2) is 17.1 Å². The number of hydrogen-bond acceptors (Lipinski definition) is 6. The second-order valence-electron chi connectivity index (χ2n) is 6.81. The van der Waals surface area contributed by atoms with Crippen LogP contribution in [0, 0.1) is 0 Å². The summed E-state index contributed by atoms with van der Waals surface area (Å²) in [6.07, 6.45) is 1.59. The van der Waals surface area contributed by atoms with E-state index in [0.29, 0.717) is 42.7 Å². The number of aromatic amines is 1. The third kappa shape index (κ3) is 2.84. The van der Waals surface area contributed by atoms with E-state index in [1.165, 1.54) is 0 Å². The summed E-state index contributed by atoms with van der Waals surface area (Å²) in [6.45, 7) is 0.792. The van der Waals surface area contributed by atoms with Gasteiger partial charge in [0.25, 0.3) is 5.91 Å². The first kappa shape index (κ1) is 16.7. The zero-order valence-electron chi connectivity index (χ0n) is 14.9. The fourth-order valence-electron chi connectivity index (χ4n) is 3.45. The number of anilines is 2. The molecule has 0 aliphatic carbocycles. The fraction of sp³-hybridized carbons (Fsp3) is 0.263. The first-order chi connectivity index (χ1) is 13.7. The minimum absolute atomic E-state index is 0.228. The number of likely N-dealkylation sites (tertiary alicyclic amines) is 1. The first-order valence-corrected chi connectivity index (χ1v) is 9.08. The molecule has 1 fully saturated rings. The number of nitrogens with zero attached hydrogens (tertiary/aromatic N) is 4. The van der Waals surface area contributed by atoms with Gasteiger partial charge in [-0.05, 0) is 37.1 Å². The zero-order chi connectivity index (χ0) is 19.1. The number of nitrogens with one attached hydrogen (secondary N) is 2. The summed E-state index contributed by atoms with van der Waals surface area (Å²) in [5, 5.41) is 14.9. The molecular formula is C19H17FN6O2. The van der Waals surface area contributed by atoms with Crippen LogP contribution >= 0.6 is 0 Å². The molecule has 1 aliphatic rings. The molecule has 0 unspecified atom stereocenters. The molecule has 1 saturated heterocycles. The monoisotopic (exact) mass is 380 g/mol. The van der Waals surface area contributed by atoms with Crippen LogP contribution in [-0.2, 0) is 0 Å². The Kier molecular flexibility index (Phi) is 3.92. The highest BCUT2D eigenvalue weighted by Crippen LogP contribution is 2.27. The Labute approximate surface area is 158 Å². The van der Waals surface area contributed by atoms with Crippen LogP contribution in [0.1, 0.15) is 23.3 Å². The maximum Gasteiger partial charge on any atom is 0.276 e. The van der Waals surface area contributed by atoms with E-state index in [1.807, 2.05) is 18.2 Å². The lowest BCUT2D eigenvalue weighted by atomic mass is 10.1. The Hall–Kier alpha value is -3.49. The van der Waals surface area contributed by atoms with E-state index in [0.717, 1.165) is 16.7 Å². The van der Waals surface area contributed by atoms with Gasteiger partial charge >= 0.3 is 0 Å². The molecule has 1 amide bonds. The molecule has 4 aromatic rings. The molecule has 0 radical (unpaired) electrons. The van der Waals surface area contributed by atoms with Crippen LogP contribution in [0.5, 0.6) is 0 Å². The molecule has 0 saturated carbocycles. The predicted octanol–water partition coefficient (Wildman–Crippen LogP) is 3.42. The minimum Gasteiger partial charge on any atom is -0.355 e. The van der Waals surface area contributed by atoms with Crippen LogP contribution in [0.2, 0.25) is 0 Å². The summed E-state index contributed by atoms with van der Waals surface area (Å²) in [6, 6.07) is 9.10. The minimum atomic E-state index is -0.834. The molecule has 4 heterocycles. The van der Waals surface area contributed by atoms with Crippen molar-refractivity contribution >= 4 is 39.4 Å². The maximum atomic E-state index is 13.3. The largest absolute Gasteiger partial charge is 0.355 e. The summed E-state index contributed by atoms with van der Waals surface area (Å²) >= 11 is 0. The van der Waals surface area contributed by atoms with Crippen molar-refractivity contribution in [1.29, 1.82) is 0 Å². The molecule has 5 rings (SSSR count). The summed E-state index contributed by atoms with van der Waals surface area (Å²) in [5.74, 6) is 0.369. The summed E-state index contributed by atoms with van der Waals surface area (Å²) in [7, 11) is 0. The van der Waals surface area contributed by atoms with Gasteiger partial charge in [-0.2, -0.15) is 5.10 Å². The topological polar surface area (TPSA) is 99.9 Å². The number of alkyl halides is 1. The molecule has 0 atom stereocenters. The van der Waals surface area contributed by atoms with Gasteiger partial charge in [0.05, 0.1) is 10.9 Å². The number of aromatic nitrogens is 4. The van der Waals surface area contributed by atoms with Crippen molar-refractivity contribution in [3.05, 3.63) is 42.2 Å². The second kappa shape index (κ2) is 6.59. The van der Waals surface area contributed by atoms with Gasteiger partial charge < -0.3 is 14.7 Å². The lowest BCUT2D eigenvalue weighted by molar-refractivity contribution is 0.0658. The highest BCUT2D eigenvalue weighted by atomic mass is 19.1. The number of carbonyl (C=O) groups is 1. The molecule has 2 N–H and O–H groups in total. The number of H-pyrrole nitrogens is 1. The van der Waals surface area contributed by atoms with Crippen molar-refractivity contribution in [1.82, 2.24) is 25.2 Å². The third-order valence-corrected chi connectivity index (χ3v) is 4.97. The standard InChI is InChI=1S/C19H17FN6O2/c20-11-5-8-26(9-6-11)19(27)16-13-4-3-12(10-15(13)28-25-16)22-18-17-14(23-24-18)2-1-7-21-17/h1-4,7,10-11H,5-6,8-9H2,(H2,22,23,24). The van der Waals surface area contributed by atoms with Crippen molar-refractivity contribution < 1.29 is 13.7 Å². The molecule has 3 aromatic heterocycles. The van der Waals surface area contributed by atoms with Crippen LogP contribution < -0.4 is 5.32 Å². The van der Waals surface area contributed by atoms with Gasteiger partial charge in [0, 0.05) is 31.0 Å². The van der Waals surface area contributed by atoms with E-state index < -0.39 is 6.17 Å². The third-order valence-electron chi connectivity index (χ3n) is 4.97. The van der Waals surface area contributed by atoms with Crippen molar-refractivity contribution in [2.24, 2.45) is 0 Å². The quantitative estimate of drug-likeness (QED) is 0.565. The van der Waals surface area contributed by atoms with Crippen LogP contribution in [0.3, 0.4) is 0 Å². The smallest absolute Gasteiger partial charge is 0.276 e. The van der Waals surface area contributed by atoms with Gasteiger partial charge in [0.2, 0.25) is 0 Å². The van der Waals surface area contributed by atoms with E-state index in [-0.39, 0.29) is 11.6 Å². The van der Waals surface area contributed by atoms with Gasteiger partial charge in [-0.15, -0.1) is 0 Å². The van der Waals surface area contributed by atoms with Gasteiger partial charge in [-0.1, -0.05) is 5.16 Å². The molecule has 0 bridgehead atoms. The average molecular weight is 380 g/mol. The molecule has 0 spiro atoms. The Morgan fingerprint density at radius 1 is 1.29 bits per heavy atom. The van der Waals surface area contributed by atoms with E-state index in [4.69, 9.17) is 4.52 Å². The number of carbonyl (C=O) groups excluding carboxylic acids is 1. The predicted molar refractivity (Wildman–Crippen MR) is 101 cm³/mol. The number of fused-ring (bicyclic) bond motifs is 2. The van der Waals surface area contributed by atoms with Crippen molar-refractivity contribution in [2.45, 2.75) is 19.0 Å². The molecule has 142 valence electrons. The highest BCUT2D eigenvalue weighted by Gasteiger charge is 2.26. The number of pyridine rings is 1. The summed E-state index contributed by atoms with van der Waals surface area (Å²) < 4.78 is 18.7. The van der Waals surface area contributed by atoms with E-state index in [2.05, 4.69) is 25.7 Å². The van der Waals surface area contributed by atoms with Crippen molar-refractivity contribution in [3.8, 4) is 0 Å². The number of piperidine rings is 1. The molecule has 8 nitrogen and oxygen atoms in total. The Morgan fingerprint density at radius 2 is 2.14 bits per heavy atom. The number of hydrogen-bond donors (Lipinski definition) is 2. The average Bonchev–Trinajstić information content (AvgIpc) is 3.32. The van der Waals surface area contributed by atoms with E-state index in [9.17, 15) is 9.18 Å². The van der Waals surface area contributed by atoms with Crippen LogP contribution in [0.15, 0.2) is 41.1 Å². The SMILES string of the molecule is O=C(c1noc2cc(Nc3n[nH]c4cccnc34)ccc12)N1CCC(F)CC1. The normalized spacial score (nSPS) is 15.4. The van der Waals surface area contributed by atoms with Crippen LogP contribution in [0.4, 0.5) is 15.9 Å². The van der Waals surface area contributed by atoms with E-state index in [1.54, 1.807) is 23.2 Å². The zero-order valence-corrected chi connectivity index (χ0v) is 14.9. The van der Waals surface area contributed by atoms with Crippen molar-refractivity contribution in [2.75, 3.05) is 18.4 Å². The summed E-state index contributed by atoms with van der Waals surface area (Å²) in [5.41, 5.74) is 3.04. The lowest BCUT2D eigenvalue weighted by Gasteiger charge is -2.27. The lowest BCUT2D eigenvalue weighted by Crippen LogP contribution is -2.39. The van der Waals surface area contributed by atoms with Gasteiger partial charge in [-0.25, -0.2) is 4.39 Å². The molecule has 28 heavy (non-hydrogen) atoms. The maximum absolute atomic E-state index is 13.3. The van der Waals surface area contributed by atoms with E-state index >= 15 is 0 Å². The van der Waals surface area contributed by atoms with Gasteiger partial charge in [-0.3, -0.25) is 14.9 Å². The Morgan fingerprint density at radius 3 is 3.00 bits per heavy atom. The molecular weight excluding hydrogens is 363 g/mol. The Bertz CT molecular complexity index is 1160. The van der Waals surface area contributed by atoms with Gasteiger partial charge in [0.1, 0.15) is 11.7 Å². The highest BCUT2D eigenvalue weighted by molar-refractivity contribution is 6.04. The fourth-order valence-corrected chi connectivity index (χ4v) is 3.45. The number of rotatable bonds is 3. The molecule has 1 aliphatic heterocycles. The number of benzene rings is 1. The second-order valence-corrected chi connectivity index (χ2v) is 6.81. The molecule has 1 aromatic carbocycles. The number of halogens is 1. The van der Waals surface area contributed by atoms with Crippen molar-refractivity contribution in [3.63, 3.8) is 0 Å². The number of amides is 1. The molecule has 9 heteroatoms. The van der Waals surface area contributed by atoms with Crippen LogP contribution in [0.25, 0.3) is 22.0 Å². The summed E-state index contributed by atoms with van der Waals surface area (Å²) in [4.78, 5) is 18.7. The first-order valence-electron chi connectivity index (χ1n) is 9.08. The Balaban J connectivity index is 1.41. The van der Waals surface area contributed by atoms with Crippen LogP contribution in [-0.4, -0.2) is 50.4 Å².